The number of amides is 2. The van der Waals surface area contributed by atoms with Crippen molar-refractivity contribution in [1.82, 2.24) is 10.2 Å². The van der Waals surface area contributed by atoms with Gasteiger partial charge in [-0.1, -0.05) is 32.1 Å². The summed E-state index contributed by atoms with van der Waals surface area (Å²) in [5.74, 6) is 1.50. The third-order valence-corrected chi connectivity index (χ3v) is 10.6. The number of rotatable bonds is 9. The maximum absolute atomic E-state index is 14.3. The van der Waals surface area contributed by atoms with Crippen LogP contribution in [0.2, 0.25) is 0 Å². The van der Waals surface area contributed by atoms with Crippen LogP contribution in [0.15, 0.2) is 23.8 Å². The first-order chi connectivity index (χ1) is 20.4. The highest BCUT2D eigenvalue weighted by Gasteiger charge is 2.52. The smallest absolute Gasteiger partial charge is 0.247 e. The molecule has 1 aromatic rings. The van der Waals surface area contributed by atoms with Crippen LogP contribution >= 0.6 is 0 Å². The van der Waals surface area contributed by atoms with Crippen LogP contribution in [0.3, 0.4) is 0 Å². The van der Waals surface area contributed by atoms with E-state index in [-0.39, 0.29) is 31.0 Å². The molecule has 1 heterocycles. The number of aliphatic hydroxyl groups excluding tert-OH is 2. The first-order valence-corrected chi connectivity index (χ1v) is 15.9. The lowest BCUT2D eigenvalue weighted by Gasteiger charge is -2.44. The van der Waals surface area contributed by atoms with Crippen LogP contribution in [-0.2, 0) is 9.59 Å². The highest BCUT2D eigenvalue weighted by Crippen LogP contribution is 2.52. The SMILES string of the molecule is COc1cc(C=O)cc2c1OC1C2C(C(=O)NCCO)=CC(N(C(=O)CC2CC3CCC2C3)C2CCCCCC2)C1O. The normalized spacial score (nSPS) is 31.8. The molecule has 2 bridgehead atoms. The molecule has 0 radical (unpaired) electrons. The fourth-order valence-electron chi connectivity index (χ4n) is 8.63. The van der Waals surface area contributed by atoms with Crippen LogP contribution in [0.1, 0.15) is 92.5 Å². The van der Waals surface area contributed by atoms with Crippen molar-refractivity contribution in [3.63, 3.8) is 0 Å². The molecule has 0 spiro atoms. The Balaban J connectivity index is 1.39. The van der Waals surface area contributed by atoms with Crippen molar-refractivity contribution in [3.8, 4) is 11.5 Å². The van der Waals surface area contributed by atoms with Crippen molar-refractivity contribution < 1.29 is 34.1 Å². The topological polar surface area (TPSA) is 125 Å². The molecule has 1 aromatic carbocycles. The predicted molar refractivity (Wildman–Crippen MR) is 155 cm³/mol. The maximum atomic E-state index is 14.3. The van der Waals surface area contributed by atoms with Crippen molar-refractivity contribution in [3.05, 3.63) is 34.9 Å². The molecule has 5 aliphatic rings. The van der Waals surface area contributed by atoms with Gasteiger partial charge in [0.05, 0.1) is 25.7 Å². The van der Waals surface area contributed by atoms with Crippen molar-refractivity contribution in [2.24, 2.45) is 17.8 Å². The quantitative estimate of drug-likeness (QED) is 0.302. The van der Waals surface area contributed by atoms with E-state index in [1.165, 1.54) is 26.4 Å². The van der Waals surface area contributed by atoms with E-state index >= 15 is 0 Å². The minimum atomic E-state index is -1.09. The summed E-state index contributed by atoms with van der Waals surface area (Å²) in [5.41, 5.74) is 1.35. The summed E-state index contributed by atoms with van der Waals surface area (Å²) in [5, 5.41) is 24.2. The molecule has 3 N–H and O–H groups in total. The monoisotopic (exact) mass is 580 g/mol. The van der Waals surface area contributed by atoms with Crippen LogP contribution in [0.25, 0.3) is 0 Å². The molecule has 9 heteroatoms. The first kappa shape index (κ1) is 29.2. The van der Waals surface area contributed by atoms with Gasteiger partial charge in [-0.25, -0.2) is 0 Å². The second-order valence-electron chi connectivity index (χ2n) is 13.0. The Morgan fingerprint density at radius 3 is 2.55 bits per heavy atom. The molecule has 228 valence electrons. The lowest BCUT2D eigenvalue weighted by Crippen LogP contribution is -2.58. The zero-order valence-corrected chi connectivity index (χ0v) is 24.5. The fourth-order valence-corrected chi connectivity index (χ4v) is 8.63. The van der Waals surface area contributed by atoms with Gasteiger partial charge < -0.3 is 29.9 Å². The van der Waals surface area contributed by atoms with Gasteiger partial charge in [-0.05, 0) is 68.1 Å². The predicted octanol–water partition coefficient (Wildman–Crippen LogP) is 3.51. The number of aliphatic hydroxyl groups is 2. The number of aldehydes is 1. The summed E-state index contributed by atoms with van der Waals surface area (Å²) in [4.78, 5) is 41.6. The van der Waals surface area contributed by atoms with Gasteiger partial charge in [-0.3, -0.25) is 14.4 Å². The Hall–Kier alpha value is -2.91. The van der Waals surface area contributed by atoms with E-state index < -0.39 is 24.2 Å². The van der Waals surface area contributed by atoms with Crippen LogP contribution in [0, 0.1) is 17.8 Å². The zero-order chi connectivity index (χ0) is 29.4. The van der Waals surface area contributed by atoms with Gasteiger partial charge in [0.25, 0.3) is 0 Å². The Labute approximate surface area is 247 Å². The molecule has 42 heavy (non-hydrogen) atoms. The van der Waals surface area contributed by atoms with Crippen molar-refractivity contribution in [1.29, 1.82) is 0 Å². The number of methoxy groups -OCH3 is 1. The molecule has 6 rings (SSSR count). The third-order valence-electron chi connectivity index (χ3n) is 10.6. The summed E-state index contributed by atoms with van der Waals surface area (Å²) in [6.07, 6.45) is 11.9. The Morgan fingerprint density at radius 2 is 1.90 bits per heavy atom. The van der Waals surface area contributed by atoms with Crippen LogP contribution in [0.5, 0.6) is 11.5 Å². The molecule has 7 atom stereocenters. The average Bonchev–Trinajstić information content (AvgIpc) is 3.66. The van der Waals surface area contributed by atoms with Gasteiger partial charge in [0.1, 0.15) is 18.5 Å². The van der Waals surface area contributed by atoms with Gasteiger partial charge in [-0.15, -0.1) is 0 Å². The molecular weight excluding hydrogens is 536 g/mol. The first-order valence-electron chi connectivity index (χ1n) is 15.9. The summed E-state index contributed by atoms with van der Waals surface area (Å²) >= 11 is 0. The summed E-state index contributed by atoms with van der Waals surface area (Å²) in [6.45, 7) is -0.146. The van der Waals surface area contributed by atoms with E-state index in [1.54, 1.807) is 18.2 Å². The number of benzene rings is 1. The van der Waals surface area contributed by atoms with Gasteiger partial charge in [0.15, 0.2) is 11.5 Å². The largest absolute Gasteiger partial charge is 0.493 e. The molecule has 3 fully saturated rings. The van der Waals surface area contributed by atoms with E-state index in [9.17, 15) is 24.6 Å². The Morgan fingerprint density at radius 1 is 1.12 bits per heavy atom. The highest BCUT2D eigenvalue weighted by atomic mass is 16.5. The summed E-state index contributed by atoms with van der Waals surface area (Å²) < 4.78 is 11.9. The second-order valence-corrected chi connectivity index (χ2v) is 13.0. The molecule has 2 amide bonds. The highest BCUT2D eigenvalue weighted by molar-refractivity contribution is 5.96. The number of carbonyl (C=O) groups excluding carboxylic acids is 3. The number of carbonyl (C=O) groups is 3. The molecule has 1 aliphatic heterocycles. The standard InChI is InChI=1S/C33H44N2O7/c1-41-27-15-20(18-37)14-24-29-25(33(40)34-10-11-36)17-26(30(39)32(29)42-31(24)27)35(23-6-4-2-3-5-7-23)28(38)16-22-13-19-8-9-21(22)12-19/h14-15,17-19,21-23,26,29-30,32,36,39H,2-13,16H2,1H3,(H,34,40). The minimum absolute atomic E-state index is 0.0206. The van der Waals surface area contributed by atoms with E-state index in [0.29, 0.717) is 46.5 Å². The lowest BCUT2D eigenvalue weighted by atomic mass is 9.76. The summed E-state index contributed by atoms with van der Waals surface area (Å²) in [6, 6.07) is 2.51. The molecule has 4 aliphatic carbocycles. The van der Waals surface area contributed by atoms with Gasteiger partial charge in [0.2, 0.25) is 11.8 Å². The Bertz CT molecular complexity index is 1220. The number of nitrogens with zero attached hydrogens (tertiary/aromatic N) is 1. The second kappa shape index (κ2) is 12.4. The molecular formula is C33H44N2O7. The number of fused-ring (bicyclic) bond motifs is 5. The lowest BCUT2D eigenvalue weighted by molar-refractivity contribution is -0.142. The van der Waals surface area contributed by atoms with Gasteiger partial charge in [0, 0.05) is 35.7 Å². The van der Waals surface area contributed by atoms with E-state index in [1.807, 2.05) is 4.90 Å². The third kappa shape index (κ3) is 5.34. The number of hydrogen-bond donors (Lipinski definition) is 3. The average molecular weight is 581 g/mol. The maximum Gasteiger partial charge on any atom is 0.247 e. The van der Waals surface area contributed by atoms with Crippen LogP contribution < -0.4 is 14.8 Å². The zero-order valence-electron chi connectivity index (χ0n) is 24.5. The van der Waals surface area contributed by atoms with Crippen LogP contribution in [0.4, 0.5) is 0 Å². The molecule has 0 saturated heterocycles. The number of nitrogens with one attached hydrogen (secondary N) is 1. The minimum Gasteiger partial charge on any atom is -0.493 e. The van der Waals surface area contributed by atoms with E-state index in [4.69, 9.17) is 9.47 Å². The van der Waals surface area contributed by atoms with E-state index in [2.05, 4.69) is 5.32 Å². The fraction of sp³-hybridized carbons (Fsp3) is 0.667. The van der Waals surface area contributed by atoms with Crippen molar-refractivity contribution >= 4 is 18.1 Å². The van der Waals surface area contributed by atoms with Crippen molar-refractivity contribution in [2.75, 3.05) is 20.3 Å². The number of hydrogen-bond acceptors (Lipinski definition) is 7. The molecule has 9 nitrogen and oxygen atoms in total. The summed E-state index contributed by atoms with van der Waals surface area (Å²) in [7, 11) is 1.49. The molecule has 3 saturated carbocycles. The van der Waals surface area contributed by atoms with Crippen LogP contribution in [-0.4, -0.2) is 77.8 Å². The molecule has 7 unspecified atom stereocenters. The Kier molecular flexibility index (Phi) is 8.59. The molecule has 0 aromatic heterocycles. The van der Waals surface area contributed by atoms with E-state index in [0.717, 1.165) is 57.1 Å². The number of ether oxygens (including phenoxy) is 2. The van der Waals surface area contributed by atoms with Gasteiger partial charge >= 0.3 is 0 Å². The van der Waals surface area contributed by atoms with Gasteiger partial charge in [-0.2, -0.15) is 0 Å². The van der Waals surface area contributed by atoms with Crippen molar-refractivity contribution in [2.45, 2.75) is 101 Å².